The fourth-order valence-electron chi connectivity index (χ4n) is 1.06. The zero-order valence-corrected chi connectivity index (χ0v) is 7.26. The van der Waals surface area contributed by atoms with E-state index >= 15 is 0 Å². The van der Waals surface area contributed by atoms with Gasteiger partial charge in [0.25, 0.3) is 0 Å². The molecule has 0 saturated carbocycles. The van der Waals surface area contributed by atoms with E-state index in [9.17, 15) is 0 Å². The van der Waals surface area contributed by atoms with Gasteiger partial charge in [-0.2, -0.15) is 0 Å². The highest BCUT2D eigenvalue weighted by molar-refractivity contribution is 4.87. The summed E-state index contributed by atoms with van der Waals surface area (Å²) in [6, 6.07) is 0.485. The van der Waals surface area contributed by atoms with Crippen LogP contribution in [0.1, 0.15) is 13.8 Å². The molecule has 0 amide bonds. The Bertz CT molecular complexity index is 116. The predicted molar refractivity (Wildman–Crippen MR) is 43.5 cm³/mol. The Hall–Kier alpha value is -0.120. The smallest absolute Gasteiger partial charge is 0.0579 e. The Morgan fingerprint density at radius 2 is 2.18 bits per heavy atom. The first-order valence-corrected chi connectivity index (χ1v) is 4.10. The normalized spacial score (nSPS) is 21.8. The number of hydrogen-bond donors (Lipinski definition) is 2. The molecule has 66 valence electrons. The van der Waals surface area contributed by atoms with Crippen LogP contribution in [0, 0.1) is 5.41 Å². The van der Waals surface area contributed by atoms with Crippen LogP contribution < -0.4 is 5.32 Å². The van der Waals surface area contributed by atoms with Crippen LogP contribution in [0.15, 0.2) is 0 Å². The van der Waals surface area contributed by atoms with Gasteiger partial charge in [0.05, 0.1) is 25.2 Å². The molecule has 0 aliphatic carbocycles. The van der Waals surface area contributed by atoms with E-state index in [0.717, 1.165) is 6.54 Å². The summed E-state index contributed by atoms with van der Waals surface area (Å²) in [5.41, 5.74) is 0.0181. The average Bonchev–Trinajstić information content (AvgIpc) is 1.86. The van der Waals surface area contributed by atoms with Gasteiger partial charge >= 0.3 is 0 Å². The molecule has 0 radical (unpaired) electrons. The summed E-state index contributed by atoms with van der Waals surface area (Å²) in [4.78, 5) is 0. The predicted octanol–water partition coefficient (Wildman–Crippen LogP) is -0.00670. The maximum Gasteiger partial charge on any atom is 0.0579 e. The highest BCUT2D eigenvalue weighted by Gasteiger charge is 2.37. The highest BCUT2D eigenvalue weighted by Crippen LogP contribution is 2.25. The first-order valence-electron chi connectivity index (χ1n) is 4.10. The van der Waals surface area contributed by atoms with Crippen LogP contribution in [-0.2, 0) is 4.74 Å². The Morgan fingerprint density at radius 1 is 1.55 bits per heavy atom. The van der Waals surface area contributed by atoms with Crippen LogP contribution in [0.2, 0.25) is 0 Å². The molecule has 0 aromatic carbocycles. The van der Waals surface area contributed by atoms with Gasteiger partial charge in [-0.25, -0.2) is 0 Å². The number of nitrogens with one attached hydrogen (secondary N) is 1. The number of aliphatic hydroxyl groups excluding tert-OH is 1. The zero-order chi connectivity index (χ0) is 8.32. The van der Waals surface area contributed by atoms with Crippen LogP contribution in [0.4, 0.5) is 0 Å². The van der Waals surface area contributed by atoms with E-state index in [4.69, 9.17) is 9.84 Å². The van der Waals surface area contributed by atoms with Gasteiger partial charge in [0, 0.05) is 12.6 Å². The van der Waals surface area contributed by atoms with Crippen molar-refractivity contribution in [1.82, 2.24) is 5.32 Å². The molecule has 3 nitrogen and oxygen atoms in total. The minimum Gasteiger partial charge on any atom is -0.396 e. The quantitative estimate of drug-likeness (QED) is 0.606. The summed E-state index contributed by atoms with van der Waals surface area (Å²) in [6.07, 6.45) is 0. The van der Waals surface area contributed by atoms with Crippen molar-refractivity contribution >= 4 is 0 Å². The minimum absolute atomic E-state index is 0.0181. The molecule has 0 atom stereocenters. The largest absolute Gasteiger partial charge is 0.396 e. The fourth-order valence-corrected chi connectivity index (χ4v) is 1.06. The molecule has 1 heterocycles. The van der Waals surface area contributed by atoms with E-state index in [1.54, 1.807) is 0 Å². The second-order valence-electron chi connectivity index (χ2n) is 3.69. The maximum absolute atomic E-state index is 9.03. The minimum atomic E-state index is 0.0181. The lowest BCUT2D eigenvalue weighted by atomic mass is 9.87. The summed E-state index contributed by atoms with van der Waals surface area (Å²) in [7, 11) is 0. The average molecular weight is 159 g/mol. The van der Waals surface area contributed by atoms with E-state index in [1.165, 1.54) is 0 Å². The number of hydrogen-bond acceptors (Lipinski definition) is 3. The van der Waals surface area contributed by atoms with Gasteiger partial charge < -0.3 is 15.2 Å². The van der Waals surface area contributed by atoms with Crippen LogP contribution >= 0.6 is 0 Å². The summed E-state index contributed by atoms with van der Waals surface area (Å²) < 4.78 is 5.06. The van der Waals surface area contributed by atoms with Crippen molar-refractivity contribution in [3.05, 3.63) is 0 Å². The second kappa shape index (κ2) is 3.52. The van der Waals surface area contributed by atoms with Gasteiger partial charge in [0.1, 0.15) is 0 Å². The third kappa shape index (κ3) is 2.15. The molecule has 3 heteroatoms. The first kappa shape index (κ1) is 8.97. The SMILES string of the molecule is CC(C)NCC1(CO)COC1. The van der Waals surface area contributed by atoms with Gasteiger partial charge in [-0.3, -0.25) is 0 Å². The van der Waals surface area contributed by atoms with E-state index in [2.05, 4.69) is 19.2 Å². The Balaban J connectivity index is 2.22. The van der Waals surface area contributed by atoms with E-state index in [0.29, 0.717) is 19.3 Å². The van der Waals surface area contributed by atoms with Crippen molar-refractivity contribution in [1.29, 1.82) is 0 Å². The summed E-state index contributed by atoms with van der Waals surface area (Å²) >= 11 is 0. The fraction of sp³-hybridized carbons (Fsp3) is 1.00. The molecular formula is C8H17NO2. The standard InChI is InChI=1S/C8H17NO2/c1-7(2)9-3-8(4-10)5-11-6-8/h7,9-10H,3-6H2,1-2H3. The Kier molecular flexibility index (Phi) is 2.87. The topological polar surface area (TPSA) is 41.5 Å². The van der Waals surface area contributed by atoms with Crippen LogP contribution in [0.5, 0.6) is 0 Å². The summed E-state index contributed by atoms with van der Waals surface area (Å²) in [5, 5.41) is 12.3. The van der Waals surface area contributed by atoms with Gasteiger partial charge in [-0.05, 0) is 0 Å². The second-order valence-corrected chi connectivity index (χ2v) is 3.69. The first-order chi connectivity index (χ1) is 5.18. The van der Waals surface area contributed by atoms with E-state index in [-0.39, 0.29) is 12.0 Å². The molecule has 1 rings (SSSR count). The van der Waals surface area contributed by atoms with Crippen molar-refractivity contribution in [3.8, 4) is 0 Å². The van der Waals surface area contributed by atoms with Gasteiger partial charge in [0.15, 0.2) is 0 Å². The van der Waals surface area contributed by atoms with Gasteiger partial charge in [-0.15, -0.1) is 0 Å². The van der Waals surface area contributed by atoms with E-state index in [1.807, 2.05) is 0 Å². The van der Waals surface area contributed by atoms with Crippen molar-refractivity contribution in [2.24, 2.45) is 5.41 Å². The summed E-state index contributed by atoms with van der Waals surface area (Å²) in [5.74, 6) is 0. The molecular weight excluding hydrogens is 142 g/mol. The number of aliphatic hydroxyl groups is 1. The third-order valence-corrected chi connectivity index (χ3v) is 2.04. The molecule has 11 heavy (non-hydrogen) atoms. The van der Waals surface area contributed by atoms with Crippen LogP contribution in [0.3, 0.4) is 0 Å². The molecule has 0 spiro atoms. The molecule has 1 aliphatic heterocycles. The molecule has 2 N–H and O–H groups in total. The monoisotopic (exact) mass is 159 g/mol. The molecule has 0 aromatic rings. The number of ether oxygens (including phenoxy) is 1. The molecule has 0 aromatic heterocycles. The molecule has 0 unspecified atom stereocenters. The van der Waals surface area contributed by atoms with Gasteiger partial charge in [0.2, 0.25) is 0 Å². The highest BCUT2D eigenvalue weighted by atomic mass is 16.5. The lowest BCUT2D eigenvalue weighted by Gasteiger charge is -2.40. The van der Waals surface area contributed by atoms with Crippen molar-refractivity contribution in [2.75, 3.05) is 26.4 Å². The number of rotatable bonds is 4. The third-order valence-electron chi connectivity index (χ3n) is 2.04. The Morgan fingerprint density at radius 3 is 2.45 bits per heavy atom. The van der Waals surface area contributed by atoms with Crippen molar-refractivity contribution in [3.63, 3.8) is 0 Å². The van der Waals surface area contributed by atoms with Crippen LogP contribution in [0.25, 0.3) is 0 Å². The Labute approximate surface area is 67.7 Å². The molecule has 1 fully saturated rings. The zero-order valence-electron chi connectivity index (χ0n) is 7.26. The maximum atomic E-state index is 9.03. The molecule has 1 saturated heterocycles. The van der Waals surface area contributed by atoms with Gasteiger partial charge in [-0.1, -0.05) is 13.8 Å². The van der Waals surface area contributed by atoms with E-state index < -0.39 is 0 Å². The van der Waals surface area contributed by atoms with Crippen molar-refractivity contribution in [2.45, 2.75) is 19.9 Å². The molecule has 0 bridgehead atoms. The molecule has 1 aliphatic rings. The van der Waals surface area contributed by atoms with Crippen LogP contribution in [-0.4, -0.2) is 37.5 Å². The lowest BCUT2D eigenvalue weighted by Crippen LogP contribution is -2.53. The summed E-state index contributed by atoms with van der Waals surface area (Å²) in [6.45, 7) is 6.69. The lowest BCUT2D eigenvalue weighted by molar-refractivity contribution is -0.134. The van der Waals surface area contributed by atoms with Crippen molar-refractivity contribution < 1.29 is 9.84 Å².